The molecule has 2 heterocycles. The van der Waals surface area contributed by atoms with Crippen LogP contribution in [0.3, 0.4) is 0 Å². The minimum atomic E-state index is 0.0649. The third-order valence-corrected chi connectivity index (χ3v) is 3.85. The van der Waals surface area contributed by atoms with E-state index in [0.29, 0.717) is 6.54 Å². The second-order valence-electron chi connectivity index (χ2n) is 3.15. The topological polar surface area (TPSA) is 32.3 Å². The van der Waals surface area contributed by atoms with Crippen LogP contribution < -0.4 is 5.32 Å². The van der Waals surface area contributed by atoms with Gasteiger partial charge in [-0.2, -0.15) is 0 Å². The molecule has 0 spiro atoms. The Bertz CT molecular complexity index is 352. The van der Waals surface area contributed by atoms with Gasteiger partial charge in [-0.05, 0) is 34.3 Å². The molecule has 1 aliphatic heterocycles. The molecule has 3 nitrogen and oxygen atoms in total. The Morgan fingerprint density at radius 2 is 2.57 bits per heavy atom. The lowest BCUT2D eigenvalue weighted by Gasteiger charge is -2.21. The minimum absolute atomic E-state index is 0.0649. The van der Waals surface area contributed by atoms with E-state index in [1.165, 1.54) is 0 Å². The van der Waals surface area contributed by atoms with Crippen molar-refractivity contribution in [2.75, 3.05) is 13.1 Å². The van der Waals surface area contributed by atoms with Crippen molar-refractivity contribution in [3.63, 3.8) is 0 Å². The summed E-state index contributed by atoms with van der Waals surface area (Å²) in [4.78, 5) is 13.3. The first-order valence-electron chi connectivity index (χ1n) is 4.49. The molecule has 0 bridgehead atoms. The molecule has 2 rings (SSSR count). The minimum Gasteiger partial charge on any atom is -0.322 e. The Morgan fingerprint density at radius 1 is 1.79 bits per heavy atom. The molecule has 1 aromatic heterocycles. The molecule has 1 aromatic rings. The van der Waals surface area contributed by atoms with E-state index in [-0.39, 0.29) is 12.1 Å². The van der Waals surface area contributed by atoms with Gasteiger partial charge >= 0.3 is 0 Å². The van der Waals surface area contributed by atoms with Crippen molar-refractivity contribution in [3.05, 3.63) is 20.8 Å². The number of amides is 1. The fourth-order valence-corrected chi connectivity index (χ4v) is 2.86. The Labute approximate surface area is 95.2 Å². The van der Waals surface area contributed by atoms with Gasteiger partial charge in [0.1, 0.15) is 6.17 Å². The van der Waals surface area contributed by atoms with Crippen LogP contribution in [-0.4, -0.2) is 23.9 Å². The summed E-state index contributed by atoms with van der Waals surface area (Å²) in [5.74, 6) is 0.180. The van der Waals surface area contributed by atoms with Crippen molar-refractivity contribution in [1.82, 2.24) is 10.2 Å². The predicted octanol–water partition coefficient (Wildman–Crippen LogP) is 1.96. The molecule has 1 N–H and O–H groups in total. The maximum Gasteiger partial charge on any atom is 0.238 e. The van der Waals surface area contributed by atoms with Crippen molar-refractivity contribution in [1.29, 1.82) is 0 Å². The van der Waals surface area contributed by atoms with Gasteiger partial charge in [-0.25, -0.2) is 0 Å². The lowest BCUT2D eigenvalue weighted by Crippen LogP contribution is -2.29. The van der Waals surface area contributed by atoms with Crippen LogP contribution in [0.1, 0.15) is 18.7 Å². The third-order valence-electron chi connectivity index (χ3n) is 2.32. The highest BCUT2D eigenvalue weighted by atomic mass is 79.9. The fraction of sp³-hybridized carbons (Fsp3) is 0.444. The van der Waals surface area contributed by atoms with Crippen molar-refractivity contribution in [3.8, 4) is 0 Å². The Kier molecular flexibility index (Phi) is 2.90. The molecular weight excluding hydrogens is 264 g/mol. The molecule has 1 aliphatic rings. The summed E-state index contributed by atoms with van der Waals surface area (Å²) in [6, 6.07) is 2.06. The average molecular weight is 275 g/mol. The second kappa shape index (κ2) is 4.00. The molecule has 0 aliphatic carbocycles. The number of hydrogen-bond donors (Lipinski definition) is 1. The van der Waals surface area contributed by atoms with E-state index in [9.17, 15) is 4.79 Å². The summed E-state index contributed by atoms with van der Waals surface area (Å²) < 4.78 is 1.10. The SMILES string of the molecule is CCN1C(=O)CNC1c1csc(Br)c1. The zero-order valence-electron chi connectivity index (χ0n) is 7.79. The van der Waals surface area contributed by atoms with Gasteiger partial charge < -0.3 is 4.90 Å². The fourth-order valence-electron chi connectivity index (χ4n) is 1.66. The van der Waals surface area contributed by atoms with Crippen LogP contribution in [-0.2, 0) is 4.79 Å². The predicted molar refractivity (Wildman–Crippen MR) is 60.1 cm³/mol. The Morgan fingerprint density at radius 3 is 3.14 bits per heavy atom. The smallest absolute Gasteiger partial charge is 0.238 e. The number of likely N-dealkylation sites (N-methyl/N-ethyl adjacent to an activating group) is 1. The van der Waals surface area contributed by atoms with Crippen LogP contribution in [0.15, 0.2) is 15.2 Å². The van der Waals surface area contributed by atoms with E-state index in [1.807, 2.05) is 11.8 Å². The van der Waals surface area contributed by atoms with Crippen molar-refractivity contribution in [2.24, 2.45) is 0 Å². The summed E-state index contributed by atoms with van der Waals surface area (Å²) in [5.41, 5.74) is 1.16. The normalized spacial score (nSPS) is 22.0. The first kappa shape index (κ1) is 10.1. The van der Waals surface area contributed by atoms with Crippen LogP contribution >= 0.6 is 27.3 Å². The molecule has 14 heavy (non-hydrogen) atoms. The quantitative estimate of drug-likeness (QED) is 0.895. The highest BCUT2D eigenvalue weighted by Crippen LogP contribution is 2.29. The van der Waals surface area contributed by atoms with Crippen molar-refractivity contribution >= 4 is 33.2 Å². The number of hydrogen-bond acceptors (Lipinski definition) is 3. The van der Waals surface area contributed by atoms with Gasteiger partial charge in [-0.3, -0.25) is 10.1 Å². The average Bonchev–Trinajstić information content (AvgIpc) is 2.71. The van der Waals surface area contributed by atoms with Crippen LogP contribution in [0.5, 0.6) is 0 Å². The third kappa shape index (κ3) is 1.71. The van der Waals surface area contributed by atoms with Gasteiger partial charge in [-0.15, -0.1) is 11.3 Å². The summed E-state index contributed by atoms with van der Waals surface area (Å²) in [6.45, 7) is 3.20. The molecule has 76 valence electrons. The van der Waals surface area contributed by atoms with E-state index < -0.39 is 0 Å². The lowest BCUT2D eigenvalue weighted by molar-refractivity contribution is -0.127. The zero-order chi connectivity index (χ0) is 10.1. The van der Waals surface area contributed by atoms with E-state index in [0.717, 1.165) is 15.9 Å². The van der Waals surface area contributed by atoms with Crippen LogP contribution in [0, 0.1) is 0 Å². The molecule has 1 atom stereocenters. The maximum atomic E-state index is 11.5. The second-order valence-corrected chi connectivity index (χ2v) is 5.44. The number of thiophene rings is 1. The van der Waals surface area contributed by atoms with Gasteiger partial charge in [0.25, 0.3) is 0 Å². The van der Waals surface area contributed by atoms with E-state index in [4.69, 9.17) is 0 Å². The summed E-state index contributed by atoms with van der Waals surface area (Å²) in [5, 5.41) is 5.27. The van der Waals surface area contributed by atoms with Gasteiger partial charge in [0.05, 0.1) is 10.3 Å². The Hall–Kier alpha value is -0.390. The largest absolute Gasteiger partial charge is 0.322 e. The molecule has 1 fully saturated rings. The number of nitrogens with zero attached hydrogens (tertiary/aromatic N) is 1. The first-order chi connectivity index (χ1) is 6.72. The van der Waals surface area contributed by atoms with Gasteiger partial charge in [-0.1, -0.05) is 0 Å². The first-order valence-corrected chi connectivity index (χ1v) is 6.16. The zero-order valence-corrected chi connectivity index (χ0v) is 10.2. The molecular formula is C9H11BrN2OS. The number of carbonyl (C=O) groups is 1. The van der Waals surface area contributed by atoms with Crippen LogP contribution in [0.2, 0.25) is 0 Å². The highest BCUT2D eigenvalue weighted by Gasteiger charge is 2.30. The molecule has 1 amide bonds. The van der Waals surface area contributed by atoms with Gasteiger partial charge in [0.2, 0.25) is 5.91 Å². The van der Waals surface area contributed by atoms with E-state index in [1.54, 1.807) is 11.3 Å². The Balaban J connectivity index is 2.22. The van der Waals surface area contributed by atoms with Crippen LogP contribution in [0.25, 0.3) is 0 Å². The molecule has 0 saturated carbocycles. The molecule has 0 aromatic carbocycles. The van der Waals surface area contributed by atoms with Gasteiger partial charge in [0, 0.05) is 12.1 Å². The number of halogens is 1. The van der Waals surface area contributed by atoms with E-state index in [2.05, 4.69) is 32.7 Å². The summed E-state index contributed by atoms with van der Waals surface area (Å²) in [7, 11) is 0. The number of carbonyl (C=O) groups excluding carboxylic acids is 1. The number of rotatable bonds is 2. The molecule has 5 heteroatoms. The highest BCUT2D eigenvalue weighted by molar-refractivity contribution is 9.11. The van der Waals surface area contributed by atoms with Crippen molar-refractivity contribution < 1.29 is 4.79 Å². The maximum absolute atomic E-state index is 11.5. The number of nitrogens with one attached hydrogen (secondary N) is 1. The molecule has 1 unspecified atom stereocenters. The van der Waals surface area contributed by atoms with Crippen LogP contribution in [0.4, 0.5) is 0 Å². The lowest BCUT2D eigenvalue weighted by atomic mass is 10.2. The molecule has 0 radical (unpaired) electrons. The monoisotopic (exact) mass is 274 g/mol. The van der Waals surface area contributed by atoms with Gasteiger partial charge in [0.15, 0.2) is 0 Å². The van der Waals surface area contributed by atoms with E-state index >= 15 is 0 Å². The summed E-state index contributed by atoms with van der Waals surface area (Å²) >= 11 is 5.07. The molecule has 1 saturated heterocycles. The summed E-state index contributed by atoms with van der Waals surface area (Å²) in [6.07, 6.45) is 0.0649. The van der Waals surface area contributed by atoms with Crippen molar-refractivity contribution in [2.45, 2.75) is 13.1 Å². The standard InChI is InChI=1S/C9H11BrN2OS/c1-2-12-8(13)4-11-9(12)6-3-7(10)14-5-6/h3,5,9,11H,2,4H2,1H3.